The average Bonchev–Trinajstić information content (AvgIpc) is 2.77. The fraction of sp³-hybridized carbons (Fsp3) is 0.400. The van der Waals surface area contributed by atoms with E-state index in [0.717, 1.165) is 16.7 Å². The molecule has 18 heavy (non-hydrogen) atoms. The van der Waals surface area contributed by atoms with Crippen molar-refractivity contribution in [3.8, 4) is 5.95 Å². The first-order chi connectivity index (χ1) is 8.63. The van der Waals surface area contributed by atoms with Gasteiger partial charge in [-0.05, 0) is 48.0 Å². The van der Waals surface area contributed by atoms with E-state index in [-0.39, 0.29) is 5.28 Å². The van der Waals surface area contributed by atoms with E-state index in [1.807, 2.05) is 24.9 Å². The molecule has 2 aromatic rings. The zero-order valence-electron chi connectivity index (χ0n) is 10.0. The number of halogens is 2. The van der Waals surface area contributed by atoms with Gasteiger partial charge >= 0.3 is 0 Å². The predicted molar refractivity (Wildman–Crippen MR) is 78.2 cm³/mol. The molecule has 0 bridgehead atoms. The second-order valence-corrected chi connectivity index (χ2v) is 5.06. The van der Waals surface area contributed by atoms with E-state index in [1.54, 1.807) is 10.9 Å². The third-order valence-electron chi connectivity index (χ3n) is 2.39. The van der Waals surface area contributed by atoms with Gasteiger partial charge in [0.15, 0.2) is 0 Å². The van der Waals surface area contributed by atoms with Crippen LogP contribution in [-0.2, 0) is 0 Å². The quantitative estimate of drug-likeness (QED) is 0.763. The van der Waals surface area contributed by atoms with E-state index in [9.17, 15) is 0 Å². The highest BCUT2D eigenvalue weighted by atomic mass is 127. The largest absolute Gasteiger partial charge is 0.341 e. The Morgan fingerprint density at radius 3 is 2.56 bits per heavy atom. The molecular formula is C10H12ClIN6. The second-order valence-electron chi connectivity index (χ2n) is 3.48. The zero-order valence-corrected chi connectivity index (χ0v) is 12.9. The molecule has 0 amide bonds. The average molecular weight is 379 g/mol. The van der Waals surface area contributed by atoms with Gasteiger partial charge in [0.25, 0.3) is 5.95 Å². The number of nitrogens with zero attached hydrogens (tertiary/aromatic N) is 6. The van der Waals surface area contributed by atoms with Crippen LogP contribution in [0.1, 0.15) is 13.8 Å². The molecule has 0 aliphatic rings. The van der Waals surface area contributed by atoms with Crippen molar-refractivity contribution in [1.82, 2.24) is 24.7 Å². The van der Waals surface area contributed by atoms with Crippen LogP contribution in [0.15, 0.2) is 12.4 Å². The van der Waals surface area contributed by atoms with Crippen molar-refractivity contribution in [2.24, 2.45) is 0 Å². The van der Waals surface area contributed by atoms with Crippen LogP contribution in [0.25, 0.3) is 5.95 Å². The van der Waals surface area contributed by atoms with E-state index in [4.69, 9.17) is 11.6 Å². The Balaban J connectivity index is 2.43. The maximum absolute atomic E-state index is 5.93. The smallest absolute Gasteiger partial charge is 0.256 e. The Bertz CT molecular complexity index is 539. The van der Waals surface area contributed by atoms with Crippen LogP contribution in [0, 0.1) is 3.57 Å². The van der Waals surface area contributed by atoms with Crippen LogP contribution in [-0.4, -0.2) is 37.8 Å². The van der Waals surface area contributed by atoms with Crippen LogP contribution in [0.4, 0.5) is 5.95 Å². The molecule has 0 saturated heterocycles. The van der Waals surface area contributed by atoms with Crippen molar-refractivity contribution in [3.63, 3.8) is 0 Å². The maximum Gasteiger partial charge on any atom is 0.256 e. The summed E-state index contributed by atoms with van der Waals surface area (Å²) in [7, 11) is 0. The molecule has 0 aliphatic carbocycles. The van der Waals surface area contributed by atoms with E-state index >= 15 is 0 Å². The summed E-state index contributed by atoms with van der Waals surface area (Å²) >= 11 is 8.11. The third-order valence-corrected chi connectivity index (χ3v) is 3.11. The summed E-state index contributed by atoms with van der Waals surface area (Å²) in [6, 6.07) is 0. The van der Waals surface area contributed by atoms with Crippen LogP contribution in [0.5, 0.6) is 0 Å². The Hall–Kier alpha value is -0.960. The minimum atomic E-state index is 0.174. The number of aromatic nitrogens is 5. The molecule has 2 aromatic heterocycles. The first-order valence-electron chi connectivity index (χ1n) is 5.51. The third kappa shape index (κ3) is 2.89. The fourth-order valence-electron chi connectivity index (χ4n) is 1.49. The normalized spacial score (nSPS) is 10.7. The van der Waals surface area contributed by atoms with Gasteiger partial charge < -0.3 is 4.90 Å². The van der Waals surface area contributed by atoms with Gasteiger partial charge in [-0.1, -0.05) is 0 Å². The van der Waals surface area contributed by atoms with Gasteiger partial charge in [-0.25, -0.2) is 4.68 Å². The molecule has 0 saturated carbocycles. The standard InChI is InChI=1S/C10H12ClIN6/c1-3-17(4-2)9-14-8(11)15-10(16-9)18-6-7(12)5-13-18/h5-6H,3-4H2,1-2H3. The van der Waals surface area contributed by atoms with Gasteiger partial charge in [-0.2, -0.15) is 20.1 Å². The summed E-state index contributed by atoms with van der Waals surface area (Å²) < 4.78 is 2.59. The second kappa shape index (κ2) is 5.79. The molecule has 0 N–H and O–H groups in total. The van der Waals surface area contributed by atoms with E-state index < -0.39 is 0 Å². The van der Waals surface area contributed by atoms with E-state index in [2.05, 4.69) is 42.6 Å². The molecule has 0 unspecified atom stereocenters. The fourth-order valence-corrected chi connectivity index (χ4v) is 2.03. The number of rotatable bonds is 4. The van der Waals surface area contributed by atoms with Gasteiger partial charge in [0.05, 0.1) is 9.77 Å². The Morgan fingerprint density at radius 2 is 2.00 bits per heavy atom. The first-order valence-corrected chi connectivity index (χ1v) is 6.96. The summed E-state index contributed by atoms with van der Waals surface area (Å²) in [4.78, 5) is 14.6. The lowest BCUT2D eigenvalue weighted by Crippen LogP contribution is -2.25. The van der Waals surface area contributed by atoms with Crippen molar-refractivity contribution >= 4 is 40.1 Å². The van der Waals surface area contributed by atoms with E-state index in [0.29, 0.717) is 11.9 Å². The molecular weight excluding hydrogens is 367 g/mol. The van der Waals surface area contributed by atoms with Crippen LogP contribution in [0.3, 0.4) is 0 Å². The Labute approximate surface area is 124 Å². The van der Waals surface area contributed by atoms with Crippen molar-refractivity contribution in [2.45, 2.75) is 13.8 Å². The first kappa shape index (κ1) is 13.5. The lowest BCUT2D eigenvalue weighted by molar-refractivity contribution is 0.760. The molecule has 0 atom stereocenters. The SMILES string of the molecule is CCN(CC)c1nc(Cl)nc(-n2cc(I)cn2)n1. The number of anilines is 1. The molecule has 96 valence electrons. The highest BCUT2D eigenvalue weighted by molar-refractivity contribution is 14.1. The van der Waals surface area contributed by atoms with Crippen molar-refractivity contribution in [1.29, 1.82) is 0 Å². The monoisotopic (exact) mass is 378 g/mol. The van der Waals surface area contributed by atoms with Gasteiger partial charge in [0.2, 0.25) is 11.2 Å². The topological polar surface area (TPSA) is 59.7 Å². The maximum atomic E-state index is 5.93. The predicted octanol–water partition coefficient (Wildman–Crippen LogP) is 2.16. The van der Waals surface area contributed by atoms with Crippen LogP contribution < -0.4 is 4.90 Å². The summed E-state index contributed by atoms with van der Waals surface area (Å²) in [6.45, 7) is 5.70. The van der Waals surface area contributed by atoms with Gasteiger partial charge in [0, 0.05) is 19.3 Å². The minimum absolute atomic E-state index is 0.174. The van der Waals surface area contributed by atoms with Crippen molar-refractivity contribution in [2.75, 3.05) is 18.0 Å². The summed E-state index contributed by atoms with van der Waals surface area (Å²) in [5.41, 5.74) is 0. The van der Waals surface area contributed by atoms with Gasteiger partial charge in [0.1, 0.15) is 0 Å². The molecule has 8 heteroatoms. The summed E-state index contributed by atoms with van der Waals surface area (Å²) in [5, 5.41) is 4.33. The molecule has 2 heterocycles. The molecule has 0 fully saturated rings. The lowest BCUT2D eigenvalue weighted by Gasteiger charge is -2.18. The molecule has 2 rings (SSSR count). The molecule has 0 radical (unpaired) electrons. The Kier molecular flexibility index (Phi) is 4.33. The molecule has 0 spiro atoms. The zero-order chi connectivity index (χ0) is 13.1. The molecule has 0 aliphatic heterocycles. The van der Waals surface area contributed by atoms with Crippen molar-refractivity contribution in [3.05, 3.63) is 21.2 Å². The lowest BCUT2D eigenvalue weighted by atomic mass is 10.5. The van der Waals surface area contributed by atoms with E-state index in [1.165, 1.54) is 0 Å². The molecule has 0 aromatic carbocycles. The number of hydrogen-bond donors (Lipinski definition) is 0. The highest BCUT2D eigenvalue weighted by Crippen LogP contribution is 2.13. The molecule has 6 nitrogen and oxygen atoms in total. The minimum Gasteiger partial charge on any atom is -0.341 e. The van der Waals surface area contributed by atoms with Gasteiger partial charge in [-0.3, -0.25) is 0 Å². The highest BCUT2D eigenvalue weighted by Gasteiger charge is 2.11. The summed E-state index contributed by atoms with van der Waals surface area (Å²) in [6.07, 6.45) is 3.56. The number of hydrogen-bond acceptors (Lipinski definition) is 5. The Morgan fingerprint density at radius 1 is 1.28 bits per heavy atom. The van der Waals surface area contributed by atoms with Crippen molar-refractivity contribution < 1.29 is 0 Å². The summed E-state index contributed by atoms with van der Waals surface area (Å²) in [5.74, 6) is 1.00. The van der Waals surface area contributed by atoms with Gasteiger partial charge in [-0.15, -0.1) is 0 Å². The van der Waals surface area contributed by atoms with Crippen LogP contribution >= 0.6 is 34.2 Å². The van der Waals surface area contributed by atoms with Crippen LogP contribution in [0.2, 0.25) is 5.28 Å².